The second-order valence-electron chi connectivity index (χ2n) is 4.17. The lowest BCUT2D eigenvalue weighted by atomic mass is 10.3. The molecule has 2 rings (SSSR count). The van der Waals surface area contributed by atoms with Gasteiger partial charge in [0.15, 0.2) is 0 Å². The lowest BCUT2D eigenvalue weighted by Gasteiger charge is -2.25. The van der Waals surface area contributed by atoms with Crippen LogP contribution >= 0.6 is 11.3 Å². The number of hydrogen-bond donors (Lipinski definition) is 1. The molecule has 1 aliphatic rings. The van der Waals surface area contributed by atoms with Crippen molar-refractivity contribution in [2.24, 2.45) is 0 Å². The van der Waals surface area contributed by atoms with E-state index in [1.807, 2.05) is 6.07 Å². The van der Waals surface area contributed by atoms with Gasteiger partial charge < -0.3 is 5.11 Å². The van der Waals surface area contributed by atoms with Crippen LogP contribution in [0, 0.1) is 11.8 Å². The zero-order valence-electron chi connectivity index (χ0n) is 10.2. The van der Waals surface area contributed by atoms with Crippen molar-refractivity contribution in [2.75, 3.05) is 31.2 Å². The second-order valence-corrected chi connectivity index (χ2v) is 7.03. The highest BCUT2D eigenvalue weighted by atomic mass is 32.2. The first kappa shape index (κ1) is 13.8. The Balaban J connectivity index is 1.87. The van der Waals surface area contributed by atoms with Crippen LogP contribution in [0.2, 0.25) is 0 Å². The summed E-state index contributed by atoms with van der Waals surface area (Å²) in [6.07, 6.45) is 0.533. The maximum atomic E-state index is 11.3. The van der Waals surface area contributed by atoms with Gasteiger partial charge in [0.25, 0.3) is 0 Å². The summed E-state index contributed by atoms with van der Waals surface area (Å²) < 4.78 is 11.3. The lowest BCUT2D eigenvalue weighted by Crippen LogP contribution is -2.36. The maximum Gasteiger partial charge on any atom is 0.0771 e. The quantitative estimate of drug-likeness (QED) is 0.843. The van der Waals surface area contributed by atoms with E-state index in [0.717, 1.165) is 36.0 Å². The predicted molar refractivity (Wildman–Crippen MR) is 76.1 cm³/mol. The van der Waals surface area contributed by atoms with Crippen molar-refractivity contribution in [1.82, 2.24) is 4.90 Å². The first-order valence-electron chi connectivity index (χ1n) is 6.03. The van der Waals surface area contributed by atoms with E-state index in [4.69, 9.17) is 5.11 Å². The van der Waals surface area contributed by atoms with Gasteiger partial charge in [-0.2, -0.15) is 0 Å². The molecule has 1 aliphatic heterocycles. The molecule has 0 bridgehead atoms. The van der Waals surface area contributed by atoms with Crippen LogP contribution in [0.3, 0.4) is 0 Å². The molecule has 2 heterocycles. The molecule has 0 saturated carbocycles. The molecule has 3 nitrogen and oxygen atoms in total. The van der Waals surface area contributed by atoms with Crippen molar-refractivity contribution in [3.05, 3.63) is 21.9 Å². The Morgan fingerprint density at radius 1 is 1.39 bits per heavy atom. The summed E-state index contributed by atoms with van der Waals surface area (Å²) in [4.78, 5) is 4.70. The maximum absolute atomic E-state index is 11.3. The smallest absolute Gasteiger partial charge is 0.0771 e. The highest BCUT2D eigenvalue weighted by molar-refractivity contribution is 7.85. The molecule has 0 spiro atoms. The summed E-state index contributed by atoms with van der Waals surface area (Å²) in [5.41, 5.74) is 0. The molecule has 1 saturated heterocycles. The van der Waals surface area contributed by atoms with E-state index in [2.05, 4.69) is 22.8 Å². The Bertz CT molecular complexity index is 463. The van der Waals surface area contributed by atoms with Gasteiger partial charge in [-0.25, -0.2) is 0 Å². The molecule has 1 aromatic heterocycles. The molecule has 1 aromatic rings. The van der Waals surface area contributed by atoms with Crippen LogP contribution in [0.15, 0.2) is 12.1 Å². The van der Waals surface area contributed by atoms with Gasteiger partial charge in [-0.1, -0.05) is 11.8 Å². The third kappa shape index (κ3) is 4.21. The minimum atomic E-state index is -0.603. The number of thiophene rings is 1. The summed E-state index contributed by atoms with van der Waals surface area (Å²) in [6, 6.07) is 4.14. The Hall–Kier alpha value is -0.670. The fourth-order valence-corrected chi connectivity index (χ4v) is 3.84. The summed E-state index contributed by atoms with van der Waals surface area (Å²) >= 11 is 1.70. The number of nitrogens with zero attached hydrogens (tertiary/aromatic N) is 1. The summed E-state index contributed by atoms with van der Waals surface area (Å²) in [5, 5.41) is 8.66. The molecular formula is C13H17NO2S2. The summed E-state index contributed by atoms with van der Waals surface area (Å²) in [5.74, 6) is 7.58. The van der Waals surface area contributed by atoms with E-state index < -0.39 is 10.8 Å². The molecule has 98 valence electrons. The van der Waals surface area contributed by atoms with Crippen LogP contribution in [0.5, 0.6) is 0 Å². The van der Waals surface area contributed by atoms with Crippen molar-refractivity contribution < 1.29 is 9.32 Å². The fraction of sp³-hybridized carbons (Fsp3) is 0.538. The van der Waals surface area contributed by atoms with Crippen LogP contribution in [0.1, 0.15) is 16.2 Å². The van der Waals surface area contributed by atoms with Crippen LogP contribution in [-0.2, 0) is 17.3 Å². The Morgan fingerprint density at radius 3 is 2.89 bits per heavy atom. The van der Waals surface area contributed by atoms with E-state index in [-0.39, 0.29) is 6.61 Å². The van der Waals surface area contributed by atoms with Crippen LogP contribution in [0.4, 0.5) is 0 Å². The molecule has 0 radical (unpaired) electrons. The molecule has 1 N–H and O–H groups in total. The number of aliphatic hydroxyl groups is 1. The van der Waals surface area contributed by atoms with Crippen LogP contribution < -0.4 is 0 Å². The van der Waals surface area contributed by atoms with Gasteiger partial charge in [0.2, 0.25) is 0 Å². The third-order valence-electron chi connectivity index (χ3n) is 2.76. The van der Waals surface area contributed by atoms with E-state index in [9.17, 15) is 4.21 Å². The first-order valence-corrected chi connectivity index (χ1v) is 8.34. The monoisotopic (exact) mass is 283 g/mol. The molecular weight excluding hydrogens is 266 g/mol. The van der Waals surface area contributed by atoms with Crippen molar-refractivity contribution in [2.45, 2.75) is 13.0 Å². The number of hydrogen-bond acceptors (Lipinski definition) is 4. The molecule has 0 amide bonds. The molecule has 0 unspecified atom stereocenters. The molecule has 0 atom stereocenters. The van der Waals surface area contributed by atoms with E-state index >= 15 is 0 Å². The highest BCUT2D eigenvalue weighted by Gasteiger charge is 2.15. The van der Waals surface area contributed by atoms with Gasteiger partial charge in [0.05, 0.1) is 11.5 Å². The van der Waals surface area contributed by atoms with Gasteiger partial charge in [-0.15, -0.1) is 11.3 Å². The van der Waals surface area contributed by atoms with Crippen LogP contribution in [-0.4, -0.2) is 45.4 Å². The van der Waals surface area contributed by atoms with E-state index in [1.165, 1.54) is 4.88 Å². The van der Waals surface area contributed by atoms with Crippen molar-refractivity contribution in [1.29, 1.82) is 0 Å². The number of rotatable bonds is 3. The van der Waals surface area contributed by atoms with Gasteiger partial charge in [-0.3, -0.25) is 9.11 Å². The zero-order valence-corrected chi connectivity index (χ0v) is 11.9. The minimum absolute atomic E-state index is 0.121. The van der Waals surface area contributed by atoms with Gasteiger partial charge in [-0.05, 0) is 12.1 Å². The molecule has 5 heteroatoms. The van der Waals surface area contributed by atoms with Crippen molar-refractivity contribution >= 4 is 22.1 Å². The normalized spacial score (nSPS) is 17.4. The predicted octanol–water partition coefficient (Wildman–Crippen LogP) is 1.05. The topological polar surface area (TPSA) is 40.5 Å². The summed E-state index contributed by atoms with van der Waals surface area (Å²) in [7, 11) is -0.603. The molecule has 0 aliphatic carbocycles. The minimum Gasteiger partial charge on any atom is -0.395 e. The van der Waals surface area contributed by atoms with E-state index in [1.54, 1.807) is 11.3 Å². The average molecular weight is 283 g/mol. The van der Waals surface area contributed by atoms with Crippen molar-refractivity contribution in [3.63, 3.8) is 0 Å². The molecule has 0 aromatic carbocycles. The Kier molecular flexibility index (Phi) is 5.39. The third-order valence-corrected chi connectivity index (χ3v) is 5.02. The molecule has 1 fully saturated rings. The Morgan fingerprint density at radius 2 is 2.17 bits per heavy atom. The SMILES string of the molecule is O=S1CCN(Cc2ccc(C#CCCO)s2)CC1. The zero-order chi connectivity index (χ0) is 12.8. The molecule has 18 heavy (non-hydrogen) atoms. The fourth-order valence-electron chi connectivity index (χ4n) is 1.79. The van der Waals surface area contributed by atoms with Crippen LogP contribution in [0.25, 0.3) is 0 Å². The van der Waals surface area contributed by atoms with Gasteiger partial charge in [0.1, 0.15) is 0 Å². The van der Waals surface area contributed by atoms with Gasteiger partial charge >= 0.3 is 0 Å². The largest absolute Gasteiger partial charge is 0.395 e. The second kappa shape index (κ2) is 7.05. The average Bonchev–Trinajstić information content (AvgIpc) is 2.80. The lowest BCUT2D eigenvalue weighted by molar-refractivity contribution is 0.294. The van der Waals surface area contributed by atoms with Crippen molar-refractivity contribution in [3.8, 4) is 11.8 Å². The number of aliphatic hydroxyl groups excluding tert-OH is 1. The van der Waals surface area contributed by atoms with E-state index in [0.29, 0.717) is 6.42 Å². The standard InChI is InChI=1S/C13H17NO2S2/c15-8-2-1-3-12-4-5-13(17-12)11-14-6-9-18(16)10-7-14/h4-5,15H,2,6-11H2. The summed E-state index contributed by atoms with van der Waals surface area (Å²) in [6.45, 7) is 2.91. The Labute approximate surface area is 114 Å². The highest BCUT2D eigenvalue weighted by Crippen LogP contribution is 2.18. The first-order chi connectivity index (χ1) is 8.78. The van der Waals surface area contributed by atoms with Gasteiger partial charge in [0, 0.05) is 53.2 Å².